The van der Waals surface area contributed by atoms with Gasteiger partial charge in [-0.25, -0.2) is 19.2 Å². The number of rotatable bonds is 12. The minimum atomic E-state index is -1.52. The number of carbonyl (C=O) groups is 1. The van der Waals surface area contributed by atoms with Gasteiger partial charge < -0.3 is 14.6 Å². The molecule has 10 nitrogen and oxygen atoms in total. The number of azide groups is 1. The molecular weight excluding hydrogens is 522 g/mol. The van der Waals surface area contributed by atoms with E-state index in [-0.39, 0.29) is 31.0 Å². The van der Waals surface area contributed by atoms with Crippen molar-refractivity contribution >= 4 is 17.5 Å². The molecule has 0 saturated carbocycles. The van der Waals surface area contributed by atoms with Gasteiger partial charge in [0.2, 0.25) is 5.90 Å². The van der Waals surface area contributed by atoms with Crippen molar-refractivity contribution in [2.45, 2.75) is 38.0 Å². The third-order valence-electron chi connectivity index (χ3n) is 6.46. The summed E-state index contributed by atoms with van der Waals surface area (Å²) >= 11 is 0. The van der Waals surface area contributed by atoms with Crippen molar-refractivity contribution in [3.8, 4) is 5.75 Å². The number of aliphatic hydroxyl groups is 1. The number of hydrogen-bond acceptors (Lipinski definition) is 7. The molecule has 0 saturated heterocycles. The van der Waals surface area contributed by atoms with Gasteiger partial charge in [-0.2, -0.15) is 0 Å². The van der Waals surface area contributed by atoms with Crippen LogP contribution < -0.4 is 15.6 Å². The van der Waals surface area contributed by atoms with Gasteiger partial charge in [0.05, 0.1) is 6.61 Å². The molecule has 12 heteroatoms. The summed E-state index contributed by atoms with van der Waals surface area (Å²) in [5.74, 6) is -1.29. The van der Waals surface area contributed by atoms with Gasteiger partial charge >= 0.3 is 0 Å². The number of nitrogens with zero attached hydrogens (tertiary/aromatic N) is 4. The lowest BCUT2D eigenvalue weighted by Crippen LogP contribution is -2.55. The summed E-state index contributed by atoms with van der Waals surface area (Å²) in [4.78, 5) is 21.3. The quantitative estimate of drug-likeness (QED) is 0.0991. The average Bonchev–Trinajstić information content (AvgIpc) is 3.28. The van der Waals surface area contributed by atoms with E-state index >= 15 is 0 Å². The maximum absolute atomic E-state index is 14.1. The lowest BCUT2D eigenvalue weighted by atomic mass is 9.85. The molecule has 0 fully saturated rings. The highest BCUT2D eigenvalue weighted by molar-refractivity contribution is 6.00. The van der Waals surface area contributed by atoms with E-state index in [2.05, 4.69) is 20.9 Å². The minimum Gasteiger partial charge on any atom is -0.494 e. The molecule has 0 aromatic heterocycles. The predicted molar refractivity (Wildman–Crippen MR) is 144 cm³/mol. The number of aliphatic imine (C=N–C) groups is 1. The van der Waals surface area contributed by atoms with Crippen LogP contribution in [0.4, 0.5) is 14.5 Å². The molecule has 1 aliphatic rings. The Kier molecular flexibility index (Phi) is 9.28. The number of ether oxygens (including phenoxy) is 2. The Balaban J connectivity index is 1.63. The largest absolute Gasteiger partial charge is 0.494 e. The zero-order valence-electron chi connectivity index (χ0n) is 21.7. The van der Waals surface area contributed by atoms with Crippen molar-refractivity contribution < 1.29 is 28.2 Å². The van der Waals surface area contributed by atoms with Gasteiger partial charge in [-0.05, 0) is 54.4 Å². The Hall–Kier alpha value is -4.51. The SMILES string of the molecule is C[C@@H]1OC(c2ccc(OCCCO)cc2)=N[C@]1(Cc1ccccc1N=[N+]=[N-])C(=O)NNCc1c(F)cccc1F. The maximum atomic E-state index is 14.1. The lowest BCUT2D eigenvalue weighted by Gasteiger charge is -2.28. The average molecular weight is 551 g/mol. The highest BCUT2D eigenvalue weighted by Crippen LogP contribution is 2.35. The molecule has 0 spiro atoms. The number of aliphatic hydroxyl groups excluding tert-OH is 1. The normalized spacial score (nSPS) is 17.9. The monoisotopic (exact) mass is 550 g/mol. The molecule has 3 aromatic rings. The first-order valence-electron chi connectivity index (χ1n) is 12.6. The number of hydrogen-bond donors (Lipinski definition) is 3. The molecule has 0 bridgehead atoms. The van der Waals surface area contributed by atoms with Crippen molar-refractivity contribution in [3.05, 3.63) is 105 Å². The standard InChI is InChI=1S/C28H28F2N6O4/c1-18-28(16-20-6-2-3-9-25(20)34-36-31,27(38)35-32-17-22-23(29)7-4-8-24(22)30)33-26(40-18)19-10-12-21(13-11-19)39-15-5-14-37/h2-4,6-13,18,32,37H,5,14-17H2,1H3,(H,35,38)/t18-,28-/m0/s1. The fourth-order valence-electron chi connectivity index (χ4n) is 4.26. The first kappa shape index (κ1) is 28.5. The van der Waals surface area contributed by atoms with Gasteiger partial charge in [-0.3, -0.25) is 10.2 Å². The zero-order valence-corrected chi connectivity index (χ0v) is 21.7. The van der Waals surface area contributed by atoms with E-state index in [9.17, 15) is 13.6 Å². The summed E-state index contributed by atoms with van der Waals surface area (Å²) in [6, 6.07) is 17.2. The van der Waals surface area contributed by atoms with E-state index in [1.165, 1.54) is 6.07 Å². The van der Waals surface area contributed by atoms with Gasteiger partial charge in [-0.15, -0.1) is 0 Å². The third-order valence-corrected chi connectivity index (χ3v) is 6.46. The molecule has 3 aromatic carbocycles. The number of nitrogens with one attached hydrogen (secondary N) is 2. The summed E-state index contributed by atoms with van der Waals surface area (Å²) in [7, 11) is 0. The zero-order chi connectivity index (χ0) is 28.5. The molecule has 4 rings (SSSR count). The number of halogens is 2. The highest BCUT2D eigenvalue weighted by Gasteiger charge is 2.50. The van der Waals surface area contributed by atoms with Crippen LogP contribution in [0.15, 0.2) is 76.8 Å². The summed E-state index contributed by atoms with van der Waals surface area (Å²) in [5.41, 5.74) is 13.9. The van der Waals surface area contributed by atoms with Gasteiger partial charge in [0.25, 0.3) is 5.91 Å². The molecular formula is C28H28F2N6O4. The summed E-state index contributed by atoms with van der Waals surface area (Å²) in [5, 5.41) is 12.7. The van der Waals surface area contributed by atoms with E-state index in [1.54, 1.807) is 55.5 Å². The molecule has 3 N–H and O–H groups in total. The van der Waals surface area contributed by atoms with Crippen LogP contribution in [0.1, 0.15) is 30.0 Å². The van der Waals surface area contributed by atoms with Crippen LogP contribution in [0.25, 0.3) is 10.4 Å². The first-order valence-corrected chi connectivity index (χ1v) is 12.6. The Morgan fingerprint density at radius 2 is 1.88 bits per heavy atom. The van der Waals surface area contributed by atoms with Gasteiger partial charge in [-0.1, -0.05) is 35.4 Å². The van der Waals surface area contributed by atoms with E-state index in [0.717, 1.165) is 12.1 Å². The number of amides is 1. The van der Waals surface area contributed by atoms with Crippen molar-refractivity contribution in [3.63, 3.8) is 0 Å². The minimum absolute atomic E-state index is 0.0107. The maximum Gasteiger partial charge on any atom is 0.266 e. The molecule has 0 unspecified atom stereocenters. The molecule has 208 valence electrons. The highest BCUT2D eigenvalue weighted by atomic mass is 19.1. The molecule has 2 atom stereocenters. The Morgan fingerprint density at radius 1 is 1.15 bits per heavy atom. The molecule has 40 heavy (non-hydrogen) atoms. The second-order valence-electron chi connectivity index (χ2n) is 9.05. The van der Waals surface area contributed by atoms with Crippen LogP contribution in [0, 0.1) is 11.6 Å². The third kappa shape index (κ3) is 6.37. The second-order valence-corrected chi connectivity index (χ2v) is 9.05. The molecule has 0 radical (unpaired) electrons. The van der Waals surface area contributed by atoms with Gasteiger partial charge in [0, 0.05) is 47.7 Å². The molecule has 1 heterocycles. The van der Waals surface area contributed by atoms with Crippen molar-refractivity contribution in [2.75, 3.05) is 13.2 Å². The fourth-order valence-corrected chi connectivity index (χ4v) is 4.26. The van der Waals surface area contributed by atoms with Crippen LogP contribution in [0.2, 0.25) is 0 Å². The van der Waals surface area contributed by atoms with E-state index in [1.807, 2.05) is 0 Å². The van der Waals surface area contributed by atoms with E-state index < -0.39 is 29.2 Å². The first-order chi connectivity index (χ1) is 19.4. The number of carbonyl (C=O) groups excluding carboxylic acids is 1. The van der Waals surface area contributed by atoms with E-state index in [4.69, 9.17) is 25.1 Å². The Bertz CT molecular complexity index is 1410. The Labute approximate surface area is 229 Å². The van der Waals surface area contributed by atoms with E-state index in [0.29, 0.717) is 35.6 Å². The van der Waals surface area contributed by atoms with Gasteiger partial charge in [0.15, 0.2) is 5.54 Å². The van der Waals surface area contributed by atoms with Crippen LogP contribution in [0.5, 0.6) is 5.75 Å². The fraction of sp³-hybridized carbons (Fsp3) is 0.286. The summed E-state index contributed by atoms with van der Waals surface area (Å²) in [6.07, 6.45) is -0.257. The molecule has 1 amide bonds. The summed E-state index contributed by atoms with van der Waals surface area (Å²) < 4.78 is 39.8. The van der Waals surface area contributed by atoms with Crippen molar-refractivity contribution in [1.29, 1.82) is 0 Å². The molecule has 0 aliphatic carbocycles. The van der Waals surface area contributed by atoms with Crippen LogP contribution in [-0.4, -0.2) is 41.8 Å². The van der Waals surface area contributed by atoms with Crippen LogP contribution in [0.3, 0.4) is 0 Å². The number of benzene rings is 3. The van der Waals surface area contributed by atoms with Crippen LogP contribution in [-0.2, 0) is 22.5 Å². The van der Waals surface area contributed by atoms with Crippen LogP contribution >= 0.6 is 0 Å². The van der Waals surface area contributed by atoms with Crippen molar-refractivity contribution in [2.24, 2.45) is 10.1 Å². The second kappa shape index (κ2) is 13.0. The van der Waals surface area contributed by atoms with Gasteiger partial charge in [0.1, 0.15) is 23.5 Å². The summed E-state index contributed by atoms with van der Waals surface area (Å²) in [6.45, 7) is 1.77. The molecule has 1 aliphatic heterocycles. The smallest absolute Gasteiger partial charge is 0.266 e. The van der Waals surface area contributed by atoms with Crippen molar-refractivity contribution in [1.82, 2.24) is 10.9 Å². The topological polar surface area (TPSA) is 141 Å². The lowest BCUT2D eigenvalue weighted by molar-refractivity contribution is -0.129. The Morgan fingerprint density at radius 3 is 2.58 bits per heavy atom. The number of hydrazine groups is 1. The predicted octanol–water partition coefficient (Wildman–Crippen LogP) is 4.64.